The summed E-state index contributed by atoms with van der Waals surface area (Å²) < 4.78 is 0. The first-order valence-electron chi connectivity index (χ1n) is 8.76. The van der Waals surface area contributed by atoms with Gasteiger partial charge in [-0.3, -0.25) is 4.79 Å². The van der Waals surface area contributed by atoms with Crippen LogP contribution >= 0.6 is 0 Å². The minimum atomic E-state index is -0.144. The van der Waals surface area contributed by atoms with Crippen molar-refractivity contribution in [3.05, 3.63) is 47.0 Å². The van der Waals surface area contributed by atoms with Crippen LogP contribution in [0.15, 0.2) is 41.0 Å². The highest BCUT2D eigenvalue weighted by atomic mass is 16.2. The zero-order valence-corrected chi connectivity index (χ0v) is 16.0. The molecule has 0 aromatic heterocycles. The van der Waals surface area contributed by atoms with Crippen LogP contribution < -0.4 is 5.43 Å². The van der Waals surface area contributed by atoms with Gasteiger partial charge in [0.05, 0.1) is 0 Å². The summed E-state index contributed by atoms with van der Waals surface area (Å²) in [6, 6.07) is 7.71. The number of nitrogens with zero attached hydrogens (tertiary/aromatic N) is 1. The molecule has 132 valence electrons. The van der Waals surface area contributed by atoms with Crippen LogP contribution in [-0.4, -0.2) is 12.1 Å². The third-order valence-electron chi connectivity index (χ3n) is 3.96. The molecule has 1 N–H and O–H groups in total. The normalized spacial score (nSPS) is 12.9. The van der Waals surface area contributed by atoms with E-state index in [0.717, 1.165) is 24.8 Å². The predicted octanol–water partition coefficient (Wildman–Crippen LogP) is 5.47. The highest BCUT2D eigenvalue weighted by molar-refractivity contribution is 5.96. The van der Waals surface area contributed by atoms with E-state index in [1.807, 2.05) is 30.5 Å². The highest BCUT2D eigenvalue weighted by Gasteiger charge is 2.20. The molecule has 0 aliphatic rings. The number of allylic oxidation sites excluding steroid dienone is 2. The van der Waals surface area contributed by atoms with Crippen LogP contribution in [0.4, 0.5) is 0 Å². The van der Waals surface area contributed by atoms with Crippen molar-refractivity contribution in [1.82, 2.24) is 5.43 Å². The maximum absolute atomic E-state index is 12.4. The molecular formula is C21H32N2O. The average Bonchev–Trinajstić information content (AvgIpc) is 2.50. The van der Waals surface area contributed by atoms with Crippen molar-refractivity contribution in [3.8, 4) is 0 Å². The Morgan fingerprint density at radius 2 is 1.92 bits per heavy atom. The second-order valence-corrected chi connectivity index (χ2v) is 7.75. The molecule has 1 atom stereocenters. The van der Waals surface area contributed by atoms with Gasteiger partial charge in [0.15, 0.2) is 0 Å². The van der Waals surface area contributed by atoms with E-state index in [1.54, 1.807) is 0 Å². The van der Waals surface area contributed by atoms with Gasteiger partial charge in [0, 0.05) is 11.8 Å². The van der Waals surface area contributed by atoms with Crippen LogP contribution in [0.25, 0.3) is 0 Å². The third kappa shape index (κ3) is 7.12. The van der Waals surface area contributed by atoms with E-state index in [-0.39, 0.29) is 11.3 Å². The van der Waals surface area contributed by atoms with E-state index in [1.165, 1.54) is 5.57 Å². The summed E-state index contributed by atoms with van der Waals surface area (Å²) in [5, 5.41) is 4.11. The van der Waals surface area contributed by atoms with Gasteiger partial charge in [-0.05, 0) is 56.1 Å². The SMILES string of the molecule is CC(C)=CCCC(C)CC=NNC(=O)c1ccccc1C(C)(C)C. The van der Waals surface area contributed by atoms with Crippen molar-refractivity contribution in [2.75, 3.05) is 0 Å². The minimum absolute atomic E-state index is 0.0723. The number of nitrogens with one attached hydrogen (secondary N) is 1. The number of carbonyl (C=O) groups excluding carboxylic acids is 1. The summed E-state index contributed by atoms with van der Waals surface area (Å²) in [6.45, 7) is 12.8. The molecule has 1 amide bonds. The fourth-order valence-electron chi connectivity index (χ4n) is 2.51. The first kappa shape index (κ1) is 20.1. The van der Waals surface area contributed by atoms with Crippen LogP contribution in [0.1, 0.15) is 76.7 Å². The van der Waals surface area contributed by atoms with Gasteiger partial charge in [0.2, 0.25) is 0 Å². The van der Waals surface area contributed by atoms with Gasteiger partial charge >= 0.3 is 0 Å². The molecule has 0 heterocycles. The predicted molar refractivity (Wildman–Crippen MR) is 104 cm³/mol. The van der Waals surface area contributed by atoms with E-state index >= 15 is 0 Å². The molecule has 1 aromatic carbocycles. The summed E-state index contributed by atoms with van der Waals surface area (Å²) in [7, 11) is 0. The van der Waals surface area contributed by atoms with Crippen LogP contribution in [0.2, 0.25) is 0 Å². The molecule has 1 unspecified atom stereocenters. The van der Waals surface area contributed by atoms with Gasteiger partial charge in [-0.2, -0.15) is 5.10 Å². The average molecular weight is 329 g/mol. The molecule has 0 aliphatic carbocycles. The molecule has 3 heteroatoms. The smallest absolute Gasteiger partial charge is 0.267 e. The lowest BCUT2D eigenvalue weighted by Gasteiger charge is -2.21. The molecule has 3 nitrogen and oxygen atoms in total. The monoisotopic (exact) mass is 328 g/mol. The molecule has 0 saturated carbocycles. The Bertz CT molecular complexity index is 590. The first-order chi connectivity index (χ1) is 11.2. The molecule has 0 aliphatic heterocycles. The van der Waals surface area contributed by atoms with E-state index in [2.05, 4.69) is 58.1 Å². The number of benzene rings is 1. The van der Waals surface area contributed by atoms with Crippen molar-refractivity contribution in [1.29, 1.82) is 0 Å². The van der Waals surface area contributed by atoms with E-state index in [9.17, 15) is 4.79 Å². The quantitative estimate of drug-likeness (QED) is 0.402. The van der Waals surface area contributed by atoms with Crippen LogP contribution in [0, 0.1) is 5.92 Å². The van der Waals surface area contributed by atoms with E-state index < -0.39 is 0 Å². The summed E-state index contributed by atoms with van der Waals surface area (Å²) in [6.07, 6.45) is 7.18. The molecule has 0 fully saturated rings. The third-order valence-corrected chi connectivity index (χ3v) is 3.96. The van der Waals surface area contributed by atoms with Crippen molar-refractivity contribution < 1.29 is 4.79 Å². The Morgan fingerprint density at radius 1 is 1.25 bits per heavy atom. The topological polar surface area (TPSA) is 41.5 Å². The second-order valence-electron chi connectivity index (χ2n) is 7.75. The number of rotatable bonds is 7. The van der Waals surface area contributed by atoms with Gasteiger partial charge < -0.3 is 0 Å². The van der Waals surface area contributed by atoms with Crippen LogP contribution in [-0.2, 0) is 5.41 Å². The molecule has 0 saturated heterocycles. The standard InChI is InChI=1S/C21H32N2O/c1-16(2)10-9-11-17(3)14-15-22-23-20(24)18-12-7-8-13-19(18)21(4,5)6/h7-8,10,12-13,15,17H,9,11,14H2,1-6H3,(H,23,24). The molecule has 24 heavy (non-hydrogen) atoms. The van der Waals surface area contributed by atoms with Gasteiger partial charge in [-0.1, -0.05) is 57.5 Å². The molecule has 1 rings (SSSR count). The fourth-order valence-corrected chi connectivity index (χ4v) is 2.51. The van der Waals surface area contributed by atoms with Gasteiger partial charge in [-0.25, -0.2) is 5.43 Å². The largest absolute Gasteiger partial charge is 0.271 e. The lowest BCUT2D eigenvalue weighted by atomic mass is 9.83. The molecular weight excluding hydrogens is 296 g/mol. The van der Waals surface area contributed by atoms with E-state index in [0.29, 0.717) is 11.5 Å². The number of carbonyl (C=O) groups is 1. The molecule has 0 bridgehead atoms. The van der Waals surface area contributed by atoms with Crippen LogP contribution in [0.3, 0.4) is 0 Å². The van der Waals surface area contributed by atoms with Crippen molar-refractivity contribution in [2.45, 2.75) is 66.2 Å². The number of hydrogen-bond acceptors (Lipinski definition) is 2. The maximum atomic E-state index is 12.4. The van der Waals surface area contributed by atoms with Crippen LogP contribution in [0.5, 0.6) is 0 Å². The highest BCUT2D eigenvalue weighted by Crippen LogP contribution is 2.25. The lowest BCUT2D eigenvalue weighted by molar-refractivity contribution is 0.0952. The number of hydrogen-bond donors (Lipinski definition) is 1. The maximum Gasteiger partial charge on any atom is 0.271 e. The number of hydrazone groups is 1. The molecule has 0 spiro atoms. The minimum Gasteiger partial charge on any atom is -0.267 e. The van der Waals surface area contributed by atoms with Crippen molar-refractivity contribution in [2.24, 2.45) is 11.0 Å². The second kappa shape index (κ2) is 9.41. The Kier molecular flexibility index (Phi) is 7.90. The Morgan fingerprint density at radius 3 is 2.54 bits per heavy atom. The Balaban J connectivity index is 2.54. The van der Waals surface area contributed by atoms with Gasteiger partial charge in [-0.15, -0.1) is 0 Å². The zero-order valence-electron chi connectivity index (χ0n) is 16.0. The molecule has 0 radical (unpaired) electrons. The lowest BCUT2D eigenvalue weighted by Crippen LogP contribution is -2.23. The van der Waals surface area contributed by atoms with Crippen molar-refractivity contribution in [3.63, 3.8) is 0 Å². The Hall–Kier alpha value is -1.90. The first-order valence-corrected chi connectivity index (χ1v) is 8.76. The molecule has 1 aromatic rings. The summed E-state index contributed by atoms with van der Waals surface area (Å²) in [5.74, 6) is 0.414. The number of amides is 1. The summed E-state index contributed by atoms with van der Waals surface area (Å²) in [4.78, 5) is 12.4. The summed E-state index contributed by atoms with van der Waals surface area (Å²) >= 11 is 0. The fraction of sp³-hybridized carbons (Fsp3) is 0.524. The zero-order chi connectivity index (χ0) is 18.2. The van der Waals surface area contributed by atoms with Gasteiger partial charge in [0.1, 0.15) is 0 Å². The van der Waals surface area contributed by atoms with Gasteiger partial charge in [0.25, 0.3) is 5.91 Å². The Labute approximate surface area is 147 Å². The van der Waals surface area contributed by atoms with Crippen molar-refractivity contribution >= 4 is 12.1 Å². The van der Waals surface area contributed by atoms with E-state index in [4.69, 9.17) is 0 Å². The summed E-state index contributed by atoms with van der Waals surface area (Å²) in [5.41, 5.74) is 5.68.